The third kappa shape index (κ3) is 5.68. The number of hydrogen-bond donors (Lipinski definition) is 0. The Kier molecular flexibility index (Phi) is 9.17. The lowest BCUT2D eigenvalue weighted by molar-refractivity contribution is -0.159. The van der Waals surface area contributed by atoms with E-state index in [9.17, 15) is 19.2 Å². The highest BCUT2D eigenvalue weighted by Gasteiger charge is 2.63. The Morgan fingerprint density at radius 2 is 1.02 bits per heavy atom. The maximum absolute atomic E-state index is 12.8. The number of carbonyl (C=O) groups is 4. The predicted molar refractivity (Wildman–Crippen MR) is 201 cm³/mol. The van der Waals surface area contributed by atoms with Crippen LogP contribution in [0.5, 0.6) is 0 Å². The molecule has 0 spiro atoms. The molecule has 8 rings (SSSR count). The molecular formula is C46H64O6. The molecule has 0 N–H and O–H groups in total. The summed E-state index contributed by atoms with van der Waals surface area (Å²) in [6, 6.07) is 0. The standard InChI is InChI=1S/C46H64O6/c1-27(47)51-39-13-11-35-41-29(23-31-25-33(49)15-19-43(31,3)37(41)17-21-45(35,39)5)9-7-8-10-30-24-32-26-34(50)16-20-44(32,4)38-18-22-46(6)36(42(30)38)12-14-40(46)52-28(2)48/h7-8,25-26,29-30,35-42H,9-24H2,1-6H3/b8-7-/t29-,30-,35?,36?,37?,38?,39-,40-,41?,42?,43-,44-,45-,46-/m0/s1. The number of hydrogen-bond acceptors (Lipinski definition) is 6. The van der Waals surface area contributed by atoms with Gasteiger partial charge in [-0.3, -0.25) is 19.2 Å². The highest BCUT2D eigenvalue weighted by Crippen LogP contribution is 2.69. The zero-order valence-corrected chi connectivity index (χ0v) is 32.8. The average Bonchev–Trinajstić information content (AvgIpc) is 3.59. The van der Waals surface area contributed by atoms with Crippen molar-refractivity contribution in [3.63, 3.8) is 0 Å². The summed E-state index contributed by atoms with van der Waals surface area (Å²) in [5.74, 6) is 4.56. The van der Waals surface area contributed by atoms with Crippen molar-refractivity contribution >= 4 is 23.5 Å². The van der Waals surface area contributed by atoms with Gasteiger partial charge in [0, 0.05) is 37.5 Å². The Labute approximate surface area is 312 Å². The van der Waals surface area contributed by atoms with Gasteiger partial charge >= 0.3 is 11.9 Å². The molecule has 0 bridgehead atoms. The van der Waals surface area contributed by atoms with Crippen LogP contribution in [0.3, 0.4) is 0 Å². The molecular weight excluding hydrogens is 649 g/mol. The van der Waals surface area contributed by atoms with Crippen LogP contribution in [0.4, 0.5) is 0 Å². The molecule has 6 heteroatoms. The van der Waals surface area contributed by atoms with Crippen LogP contribution >= 0.6 is 0 Å². The van der Waals surface area contributed by atoms with E-state index >= 15 is 0 Å². The monoisotopic (exact) mass is 712 g/mol. The van der Waals surface area contributed by atoms with Gasteiger partial charge in [0.05, 0.1) is 0 Å². The van der Waals surface area contributed by atoms with Crippen LogP contribution in [-0.4, -0.2) is 35.7 Å². The van der Waals surface area contributed by atoms with Crippen LogP contribution in [0.1, 0.15) is 144 Å². The van der Waals surface area contributed by atoms with Crippen molar-refractivity contribution in [3.8, 4) is 0 Å². The van der Waals surface area contributed by atoms with E-state index in [1.54, 1.807) is 13.8 Å². The van der Waals surface area contributed by atoms with Crippen molar-refractivity contribution in [1.29, 1.82) is 0 Å². The van der Waals surface area contributed by atoms with Crippen LogP contribution < -0.4 is 0 Å². The fourth-order valence-corrected chi connectivity index (χ4v) is 15.1. The molecule has 52 heavy (non-hydrogen) atoms. The van der Waals surface area contributed by atoms with Crippen molar-refractivity contribution in [1.82, 2.24) is 0 Å². The molecule has 0 heterocycles. The van der Waals surface area contributed by atoms with Crippen LogP contribution in [0.2, 0.25) is 0 Å². The van der Waals surface area contributed by atoms with Crippen molar-refractivity contribution in [2.45, 2.75) is 156 Å². The highest BCUT2D eigenvalue weighted by molar-refractivity contribution is 5.92. The Hall–Kier alpha value is -2.50. The van der Waals surface area contributed by atoms with Crippen molar-refractivity contribution < 1.29 is 28.7 Å². The minimum atomic E-state index is -0.156. The lowest BCUT2D eigenvalue weighted by Crippen LogP contribution is -2.54. The second-order valence-electron chi connectivity index (χ2n) is 20.0. The number of allylic oxidation sites excluding steroid dienone is 4. The summed E-state index contributed by atoms with van der Waals surface area (Å²) in [6.07, 6.45) is 25.0. The van der Waals surface area contributed by atoms with Crippen molar-refractivity contribution in [2.24, 2.45) is 69.0 Å². The predicted octanol–water partition coefficient (Wildman–Crippen LogP) is 9.70. The van der Waals surface area contributed by atoms with Gasteiger partial charge < -0.3 is 9.47 Å². The molecule has 0 aromatic rings. The van der Waals surface area contributed by atoms with E-state index in [1.807, 2.05) is 12.2 Å². The molecule has 0 amide bonds. The van der Waals surface area contributed by atoms with Gasteiger partial charge in [0.1, 0.15) is 12.2 Å². The smallest absolute Gasteiger partial charge is 0.302 e. The molecule has 6 fully saturated rings. The molecule has 14 atom stereocenters. The topological polar surface area (TPSA) is 86.7 Å². The Balaban J connectivity index is 1.06. The molecule has 8 aliphatic carbocycles. The lowest BCUT2D eigenvalue weighted by Gasteiger charge is -2.60. The fourth-order valence-electron chi connectivity index (χ4n) is 15.1. The summed E-state index contributed by atoms with van der Waals surface area (Å²) in [6.45, 7) is 12.9. The SMILES string of the molecule is CC(=O)O[C@H]1CCC2C3C(CC[C@@]21C)[C@@]1(C)CCC(=O)C=C1C[C@@H]3C/C=C\C[C@H]1CC2=CC(=O)CC[C@]2(C)C2CC[C@@]3(C)C(CC[C@@H]3OC(C)=O)C21. The minimum absolute atomic E-state index is 0.00735. The third-order valence-electron chi connectivity index (χ3n) is 17.8. The van der Waals surface area contributed by atoms with E-state index in [1.165, 1.54) is 11.1 Å². The molecule has 0 aliphatic heterocycles. The Morgan fingerprint density at radius 3 is 1.40 bits per heavy atom. The number of ketones is 2. The third-order valence-corrected chi connectivity index (χ3v) is 17.8. The van der Waals surface area contributed by atoms with E-state index < -0.39 is 0 Å². The molecule has 0 aromatic carbocycles. The fraction of sp³-hybridized carbons (Fsp3) is 0.783. The van der Waals surface area contributed by atoms with Gasteiger partial charge in [-0.1, -0.05) is 51.0 Å². The number of carbonyl (C=O) groups excluding carboxylic acids is 4. The van der Waals surface area contributed by atoms with E-state index in [-0.39, 0.29) is 45.8 Å². The van der Waals surface area contributed by atoms with E-state index in [0.29, 0.717) is 71.8 Å². The first-order chi connectivity index (χ1) is 24.7. The van der Waals surface area contributed by atoms with Crippen LogP contribution in [0.15, 0.2) is 35.5 Å². The first-order valence-electron chi connectivity index (χ1n) is 21.1. The summed E-state index contributed by atoms with van der Waals surface area (Å²) in [4.78, 5) is 49.9. The van der Waals surface area contributed by atoms with Crippen molar-refractivity contribution in [2.75, 3.05) is 0 Å². The van der Waals surface area contributed by atoms with Gasteiger partial charge in [0.25, 0.3) is 0 Å². The molecule has 284 valence electrons. The quantitative estimate of drug-likeness (QED) is 0.201. The van der Waals surface area contributed by atoms with Gasteiger partial charge in [-0.15, -0.1) is 0 Å². The average molecular weight is 713 g/mol. The second-order valence-corrected chi connectivity index (χ2v) is 20.0. The van der Waals surface area contributed by atoms with Gasteiger partial charge in [-0.05, 0) is 160 Å². The first kappa shape index (κ1) is 36.5. The van der Waals surface area contributed by atoms with E-state index in [2.05, 4.69) is 39.8 Å². The second kappa shape index (κ2) is 13.1. The number of fused-ring (bicyclic) bond motifs is 10. The molecule has 0 aromatic heterocycles. The van der Waals surface area contributed by atoms with Crippen molar-refractivity contribution in [3.05, 3.63) is 35.5 Å². The highest BCUT2D eigenvalue weighted by atomic mass is 16.5. The zero-order valence-electron chi connectivity index (χ0n) is 32.8. The van der Waals surface area contributed by atoms with Gasteiger partial charge in [-0.2, -0.15) is 0 Å². The molecule has 8 aliphatic rings. The lowest BCUT2D eigenvalue weighted by atomic mass is 9.44. The number of rotatable bonds is 6. The maximum atomic E-state index is 12.8. The number of ether oxygens (including phenoxy) is 2. The Bertz CT molecular complexity index is 1490. The van der Waals surface area contributed by atoms with E-state index in [0.717, 1.165) is 89.9 Å². The largest absolute Gasteiger partial charge is 0.462 e. The summed E-state index contributed by atoms with van der Waals surface area (Å²) in [5.41, 5.74) is 3.01. The van der Waals surface area contributed by atoms with Crippen LogP contribution in [-0.2, 0) is 28.7 Å². The summed E-state index contributed by atoms with van der Waals surface area (Å²) in [5, 5.41) is 0. The Morgan fingerprint density at radius 1 is 0.615 bits per heavy atom. The summed E-state index contributed by atoms with van der Waals surface area (Å²) >= 11 is 0. The molecule has 0 saturated heterocycles. The summed E-state index contributed by atoms with van der Waals surface area (Å²) in [7, 11) is 0. The molecule has 0 radical (unpaired) electrons. The van der Waals surface area contributed by atoms with Gasteiger partial charge in [0.2, 0.25) is 0 Å². The van der Waals surface area contributed by atoms with Gasteiger partial charge in [-0.25, -0.2) is 0 Å². The van der Waals surface area contributed by atoms with Crippen LogP contribution in [0, 0.1) is 69.0 Å². The maximum Gasteiger partial charge on any atom is 0.302 e. The van der Waals surface area contributed by atoms with Gasteiger partial charge in [0.15, 0.2) is 11.6 Å². The molecule has 6 saturated carbocycles. The zero-order chi connectivity index (χ0) is 36.8. The van der Waals surface area contributed by atoms with E-state index in [4.69, 9.17) is 9.47 Å². The normalized spacial score (nSPS) is 48.0. The summed E-state index contributed by atoms with van der Waals surface area (Å²) < 4.78 is 12.0. The molecule has 6 nitrogen and oxygen atoms in total. The van der Waals surface area contributed by atoms with Crippen LogP contribution in [0.25, 0.3) is 0 Å². The molecule has 6 unspecified atom stereocenters. The number of esters is 2. The first-order valence-corrected chi connectivity index (χ1v) is 21.1. The minimum Gasteiger partial charge on any atom is -0.462 e.